The number of hydrogen-bond acceptors (Lipinski definition) is 2. The number of esters is 1. The van der Waals surface area contributed by atoms with Gasteiger partial charge in [-0.1, -0.05) is 33.6 Å². The molecule has 0 saturated heterocycles. The molecule has 14 heavy (non-hydrogen) atoms. The third-order valence-corrected chi connectivity index (χ3v) is 2.70. The second-order valence-electron chi connectivity index (χ2n) is 3.62. The zero-order chi connectivity index (χ0) is 11.0. The second-order valence-corrected chi connectivity index (χ2v) is 3.62. The highest BCUT2D eigenvalue weighted by molar-refractivity contribution is 5.72. The lowest BCUT2D eigenvalue weighted by Crippen LogP contribution is -2.27. The maximum absolute atomic E-state index is 11.4. The van der Waals surface area contributed by atoms with Gasteiger partial charge in [-0.05, 0) is 25.7 Å². The summed E-state index contributed by atoms with van der Waals surface area (Å²) in [7, 11) is 0. The largest absolute Gasteiger partial charge is 0.466 e. The Balaban J connectivity index is 0.000000791. The van der Waals surface area contributed by atoms with Crippen molar-refractivity contribution in [3.05, 3.63) is 0 Å². The molecule has 1 fully saturated rings. The number of ether oxygens (including phenoxy) is 1. The van der Waals surface area contributed by atoms with Gasteiger partial charge in [-0.25, -0.2) is 0 Å². The van der Waals surface area contributed by atoms with Crippen LogP contribution in [0.15, 0.2) is 0 Å². The highest BCUT2D eigenvalue weighted by Gasteiger charge is 2.28. The Bertz CT molecular complexity index is 154. The Kier molecular flexibility index (Phi) is 7.54. The van der Waals surface area contributed by atoms with Crippen LogP contribution in [0.3, 0.4) is 0 Å². The molecule has 0 N–H and O–H groups in total. The van der Waals surface area contributed by atoms with Crippen LogP contribution in [0.1, 0.15) is 53.4 Å². The standard InChI is InChI=1S/C10H18O2.C2H6/c1-3-12-10(11)9-7-5-4-6-8(9)2;1-2/h8-9H,3-7H2,1-2H3;1-2H3. The molecule has 0 heterocycles. The van der Waals surface area contributed by atoms with E-state index in [0.717, 1.165) is 6.42 Å². The maximum Gasteiger partial charge on any atom is 0.309 e. The summed E-state index contributed by atoms with van der Waals surface area (Å²) in [6, 6.07) is 0. The summed E-state index contributed by atoms with van der Waals surface area (Å²) < 4.78 is 5.01. The predicted octanol–water partition coefficient (Wildman–Crippen LogP) is 3.40. The van der Waals surface area contributed by atoms with Crippen molar-refractivity contribution in [3.8, 4) is 0 Å². The molecule has 2 atom stereocenters. The van der Waals surface area contributed by atoms with E-state index < -0.39 is 0 Å². The molecular weight excluding hydrogens is 176 g/mol. The summed E-state index contributed by atoms with van der Waals surface area (Å²) in [5.74, 6) is 0.723. The number of carbonyl (C=O) groups is 1. The summed E-state index contributed by atoms with van der Waals surface area (Å²) in [6.45, 7) is 8.54. The molecule has 0 aromatic rings. The molecule has 2 nitrogen and oxygen atoms in total. The SMILES string of the molecule is CC.CCOC(=O)C1CCCCC1C. The molecule has 1 aliphatic rings. The summed E-state index contributed by atoms with van der Waals surface area (Å²) in [5, 5.41) is 0. The van der Waals surface area contributed by atoms with Crippen molar-refractivity contribution < 1.29 is 9.53 Å². The Morgan fingerprint density at radius 3 is 2.36 bits per heavy atom. The van der Waals surface area contributed by atoms with Gasteiger partial charge >= 0.3 is 5.97 Å². The minimum Gasteiger partial charge on any atom is -0.466 e. The molecule has 0 radical (unpaired) electrons. The first kappa shape index (κ1) is 13.5. The van der Waals surface area contributed by atoms with Gasteiger partial charge in [0.05, 0.1) is 12.5 Å². The van der Waals surface area contributed by atoms with E-state index in [4.69, 9.17) is 4.74 Å². The lowest BCUT2D eigenvalue weighted by atomic mass is 9.80. The number of rotatable bonds is 2. The Hall–Kier alpha value is -0.530. The zero-order valence-corrected chi connectivity index (χ0v) is 10.0. The molecule has 84 valence electrons. The van der Waals surface area contributed by atoms with Crippen LogP contribution in [0.5, 0.6) is 0 Å². The number of carbonyl (C=O) groups excluding carboxylic acids is 1. The fourth-order valence-corrected chi connectivity index (χ4v) is 1.92. The van der Waals surface area contributed by atoms with Gasteiger partial charge in [-0.15, -0.1) is 0 Å². The molecule has 0 bridgehead atoms. The van der Waals surface area contributed by atoms with Crippen molar-refractivity contribution in [2.45, 2.75) is 53.4 Å². The van der Waals surface area contributed by atoms with Crippen molar-refractivity contribution in [2.75, 3.05) is 6.61 Å². The molecule has 0 spiro atoms. The van der Waals surface area contributed by atoms with Crippen molar-refractivity contribution in [1.29, 1.82) is 0 Å². The topological polar surface area (TPSA) is 26.3 Å². The van der Waals surface area contributed by atoms with Gasteiger partial charge in [0.2, 0.25) is 0 Å². The van der Waals surface area contributed by atoms with E-state index in [9.17, 15) is 4.79 Å². The van der Waals surface area contributed by atoms with Crippen molar-refractivity contribution in [3.63, 3.8) is 0 Å². The predicted molar refractivity (Wildman–Crippen MR) is 59.1 cm³/mol. The molecule has 1 saturated carbocycles. The van der Waals surface area contributed by atoms with E-state index in [1.54, 1.807) is 0 Å². The zero-order valence-electron chi connectivity index (χ0n) is 10.0. The van der Waals surface area contributed by atoms with Crippen LogP contribution in [0.4, 0.5) is 0 Å². The van der Waals surface area contributed by atoms with Gasteiger partial charge in [0.1, 0.15) is 0 Å². The molecule has 1 aliphatic carbocycles. The Morgan fingerprint density at radius 2 is 1.86 bits per heavy atom. The van der Waals surface area contributed by atoms with E-state index in [1.807, 2.05) is 20.8 Å². The third kappa shape index (κ3) is 4.12. The Labute approximate surface area is 88.0 Å². The highest BCUT2D eigenvalue weighted by Crippen LogP contribution is 2.30. The Morgan fingerprint density at radius 1 is 1.29 bits per heavy atom. The van der Waals surface area contributed by atoms with Gasteiger partial charge in [0.25, 0.3) is 0 Å². The van der Waals surface area contributed by atoms with Crippen LogP contribution >= 0.6 is 0 Å². The van der Waals surface area contributed by atoms with E-state index in [1.165, 1.54) is 19.3 Å². The van der Waals surface area contributed by atoms with Crippen LogP contribution < -0.4 is 0 Å². The summed E-state index contributed by atoms with van der Waals surface area (Å²) >= 11 is 0. The fourth-order valence-electron chi connectivity index (χ4n) is 1.92. The summed E-state index contributed by atoms with van der Waals surface area (Å²) in [6.07, 6.45) is 4.67. The average molecular weight is 200 g/mol. The van der Waals surface area contributed by atoms with Gasteiger partial charge in [-0.2, -0.15) is 0 Å². The smallest absolute Gasteiger partial charge is 0.309 e. The highest BCUT2D eigenvalue weighted by atomic mass is 16.5. The molecule has 0 amide bonds. The van der Waals surface area contributed by atoms with Gasteiger partial charge < -0.3 is 4.74 Å². The average Bonchev–Trinajstić information content (AvgIpc) is 2.22. The van der Waals surface area contributed by atoms with E-state index in [2.05, 4.69) is 6.92 Å². The fraction of sp³-hybridized carbons (Fsp3) is 0.917. The van der Waals surface area contributed by atoms with Crippen LogP contribution in [0, 0.1) is 11.8 Å². The third-order valence-electron chi connectivity index (χ3n) is 2.70. The van der Waals surface area contributed by atoms with Crippen molar-refractivity contribution >= 4 is 5.97 Å². The first-order valence-corrected chi connectivity index (χ1v) is 5.92. The van der Waals surface area contributed by atoms with Crippen molar-refractivity contribution in [1.82, 2.24) is 0 Å². The molecule has 2 unspecified atom stereocenters. The summed E-state index contributed by atoms with van der Waals surface area (Å²) in [5.41, 5.74) is 0. The van der Waals surface area contributed by atoms with E-state index >= 15 is 0 Å². The van der Waals surface area contributed by atoms with Crippen LogP contribution in [0.25, 0.3) is 0 Å². The van der Waals surface area contributed by atoms with Gasteiger partial charge in [-0.3, -0.25) is 4.79 Å². The minimum atomic E-state index is 0.0182. The molecule has 1 rings (SSSR count). The lowest BCUT2D eigenvalue weighted by molar-refractivity contribution is -0.150. The minimum absolute atomic E-state index is 0.0182. The normalized spacial score (nSPS) is 26.0. The van der Waals surface area contributed by atoms with Crippen LogP contribution in [-0.2, 0) is 9.53 Å². The quantitative estimate of drug-likeness (QED) is 0.639. The molecule has 2 heteroatoms. The lowest BCUT2D eigenvalue weighted by Gasteiger charge is -2.26. The first-order valence-electron chi connectivity index (χ1n) is 5.92. The van der Waals surface area contributed by atoms with E-state index in [-0.39, 0.29) is 11.9 Å². The molecule has 0 aromatic carbocycles. The van der Waals surface area contributed by atoms with Crippen LogP contribution in [-0.4, -0.2) is 12.6 Å². The van der Waals surface area contributed by atoms with Gasteiger partial charge in [0, 0.05) is 0 Å². The van der Waals surface area contributed by atoms with Crippen molar-refractivity contribution in [2.24, 2.45) is 11.8 Å². The van der Waals surface area contributed by atoms with Crippen LogP contribution in [0.2, 0.25) is 0 Å². The maximum atomic E-state index is 11.4. The number of hydrogen-bond donors (Lipinski definition) is 0. The van der Waals surface area contributed by atoms with Gasteiger partial charge in [0.15, 0.2) is 0 Å². The molecule has 0 aromatic heterocycles. The van der Waals surface area contributed by atoms with E-state index in [0.29, 0.717) is 12.5 Å². The second kappa shape index (κ2) is 7.84. The molecule has 0 aliphatic heterocycles. The first-order chi connectivity index (χ1) is 6.75. The monoisotopic (exact) mass is 200 g/mol. The molecular formula is C12H24O2. The summed E-state index contributed by atoms with van der Waals surface area (Å²) in [4.78, 5) is 11.4.